The largest absolute Gasteiger partial charge is 0.519 e. The van der Waals surface area contributed by atoms with Crippen molar-refractivity contribution in [2.75, 3.05) is 87.3 Å². The van der Waals surface area contributed by atoms with Crippen LogP contribution < -0.4 is 37.7 Å². The van der Waals surface area contributed by atoms with Crippen molar-refractivity contribution >= 4 is 69.1 Å². The van der Waals surface area contributed by atoms with Gasteiger partial charge in [0, 0.05) is 70.6 Å². The van der Waals surface area contributed by atoms with E-state index in [1.54, 1.807) is 64.8 Å². The molecule has 1 atom stereocenters. The molecule has 0 aliphatic carbocycles. The number of carbonyl (C=O) groups is 8. The standard InChI is InChI=1S/C33H58N8O5S2.C13H18N2O8.2C2H6/c1-33(2,39-31(45)25-16-17-30(37-22-25)48-47-21-12-8-9-15-27(42)34-3)18-13-20-36-32(46)26(38-29(44)24-41(6)7)14-10-11-19-35-28(43)23-40(4)5;1-8-9(23-13(20)22-8)7-21-12(19)15(2)6-5-14-10(16)3-4-11(17)18;2*1-2/h16-17,22,26H,8-15,18-21,23-24H2,1-7H3,(H,34,42)(H,35,43)(H,36,46)(H,38,44)(H,39,45);3-7H2,1-2H3,(H,14,16)(H,17,18);2*1-2H3/t26-;;;/m0.../s1. The average molecular weight is 1100 g/mol. The molecule has 0 unspecified atom stereocenters. The van der Waals surface area contributed by atoms with Crippen LogP contribution in [0.4, 0.5) is 4.79 Å². The highest BCUT2D eigenvalue weighted by Gasteiger charge is 2.24. The Bertz CT molecular complexity index is 2030. The summed E-state index contributed by atoms with van der Waals surface area (Å²) in [7, 11) is 13.6. The van der Waals surface area contributed by atoms with Crippen LogP contribution in [0, 0.1) is 6.92 Å². The fourth-order valence-corrected chi connectivity index (χ4v) is 8.08. The maximum absolute atomic E-state index is 13.0. The molecular weight excluding hydrogens is 1010 g/mol. The fourth-order valence-electron chi connectivity index (χ4n) is 6.07. The minimum atomic E-state index is -1.05. The number of nitrogens with zero attached hydrogens (tertiary/aromatic N) is 4. The van der Waals surface area contributed by atoms with E-state index in [0.29, 0.717) is 63.7 Å². The molecule has 23 nitrogen and oxygen atoms in total. The van der Waals surface area contributed by atoms with E-state index in [1.807, 2.05) is 61.7 Å². The number of carboxylic acid groups (broad SMARTS) is 1. The smallest absolute Gasteiger partial charge is 0.481 e. The third-order valence-corrected chi connectivity index (χ3v) is 12.3. The SMILES string of the molecule is CC.CC.CNC(=O)CCCCCSSc1ccc(C(=O)NC(C)(C)CCCNC(=O)[C@H](CCCCNC(=O)CN(C)C)NC(=O)CN(C)C)cn1.Cc1oc(=O)oc1COC(=O)N(C)CCNC(=O)CCC(=O)O. The van der Waals surface area contributed by atoms with Crippen LogP contribution in [0.2, 0.25) is 0 Å². The number of aliphatic carboxylic acids is 1. The zero-order valence-corrected chi connectivity index (χ0v) is 48.3. The predicted octanol–water partition coefficient (Wildman–Crippen LogP) is 4.57. The number of aromatic nitrogens is 1. The molecule has 428 valence electrons. The van der Waals surface area contributed by atoms with Gasteiger partial charge in [-0.1, -0.05) is 44.9 Å². The molecule has 0 spiro atoms. The first-order chi connectivity index (χ1) is 35.5. The molecule has 0 aliphatic heterocycles. The molecular formula is C50H88N10O13S2. The Kier molecular flexibility index (Phi) is 40.5. The maximum Gasteiger partial charge on any atom is 0.519 e. The Hall–Kier alpha value is -5.66. The van der Waals surface area contributed by atoms with E-state index >= 15 is 0 Å². The molecule has 2 aromatic rings. The van der Waals surface area contributed by atoms with E-state index in [1.165, 1.54) is 18.9 Å². The van der Waals surface area contributed by atoms with Gasteiger partial charge in [0.15, 0.2) is 18.1 Å². The van der Waals surface area contributed by atoms with E-state index in [-0.39, 0.29) is 80.1 Å². The van der Waals surface area contributed by atoms with Gasteiger partial charge in [-0.3, -0.25) is 33.6 Å². The molecule has 0 aliphatic rings. The summed E-state index contributed by atoms with van der Waals surface area (Å²) in [6, 6.07) is 2.94. The van der Waals surface area contributed by atoms with Gasteiger partial charge >= 0.3 is 17.9 Å². The van der Waals surface area contributed by atoms with Crippen molar-refractivity contribution in [3.8, 4) is 0 Å². The molecule has 0 saturated heterocycles. The van der Waals surface area contributed by atoms with Crippen LogP contribution >= 0.6 is 21.6 Å². The van der Waals surface area contributed by atoms with Crippen LogP contribution in [0.5, 0.6) is 0 Å². The topological polar surface area (TPSA) is 304 Å². The monoisotopic (exact) mass is 1100 g/mol. The van der Waals surface area contributed by atoms with Crippen molar-refractivity contribution in [3.63, 3.8) is 0 Å². The van der Waals surface area contributed by atoms with Crippen LogP contribution in [0.25, 0.3) is 0 Å². The summed E-state index contributed by atoms with van der Waals surface area (Å²) in [5, 5.41) is 26.1. The van der Waals surface area contributed by atoms with Gasteiger partial charge in [-0.05, 0) is 117 Å². The number of likely N-dealkylation sites (N-methyl/N-ethyl adjacent to an activating group) is 3. The van der Waals surface area contributed by atoms with Crippen LogP contribution in [-0.4, -0.2) is 171 Å². The molecule has 0 radical (unpaired) electrons. The van der Waals surface area contributed by atoms with E-state index in [2.05, 4.69) is 45.7 Å². The van der Waals surface area contributed by atoms with Gasteiger partial charge < -0.3 is 65.3 Å². The Morgan fingerprint density at radius 2 is 1.40 bits per heavy atom. The Labute approximate surface area is 451 Å². The van der Waals surface area contributed by atoms with Gasteiger partial charge in [0.05, 0.1) is 25.1 Å². The fraction of sp³-hybridized carbons (Fsp3) is 0.680. The number of rotatable bonds is 33. The average Bonchev–Trinajstić information content (AvgIpc) is 3.69. The van der Waals surface area contributed by atoms with E-state index < -0.39 is 35.4 Å². The third kappa shape index (κ3) is 37.7. The number of unbranched alkanes of at least 4 members (excludes halogenated alkanes) is 3. The van der Waals surface area contributed by atoms with Crippen molar-refractivity contribution in [3.05, 3.63) is 46.0 Å². The molecule has 0 aromatic carbocycles. The first-order valence-corrected chi connectivity index (χ1v) is 27.7. The third-order valence-electron chi connectivity index (χ3n) is 9.91. The zero-order chi connectivity index (χ0) is 57.4. The number of pyridine rings is 1. The molecule has 0 bridgehead atoms. The molecule has 2 rings (SSSR count). The second-order valence-electron chi connectivity index (χ2n) is 17.6. The Balaban J connectivity index is 0. The van der Waals surface area contributed by atoms with Crippen molar-refractivity contribution < 1.29 is 57.0 Å². The number of ether oxygens (including phenoxy) is 1. The summed E-state index contributed by atoms with van der Waals surface area (Å²) in [6.07, 6.45) is 7.10. The summed E-state index contributed by atoms with van der Waals surface area (Å²) in [5.41, 5.74) is -0.0346. The highest BCUT2D eigenvalue weighted by molar-refractivity contribution is 8.76. The Morgan fingerprint density at radius 3 is 1.99 bits per heavy atom. The number of hydrogen-bond donors (Lipinski definition) is 7. The first kappa shape index (κ1) is 71.4. The summed E-state index contributed by atoms with van der Waals surface area (Å²) < 4.78 is 14.2. The van der Waals surface area contributed by atoms with Gasteiger partial charge in [-0.15, -0.1) is 0 Å². The van der Waals surface area contributed by atoms with Gasteiger partial charge in [-0.25, -0.2) is 14.6 Å². The highest BCUT2D eigenvalue weighted by atomic mass is 33.1. The summed E-state index contributed by atoms with van der Waals surface area (Å²) >= 11 is 0. The predicted molar refractivity (Wildman–Crippen MR) is 292 cm³/mol. The lowest BCUT2D eigenvalue weighted by Crippen LogP contribution is -2.49. The minimum absolute atomic E-state index is 0.0501. The summed E-state index contributed by atoms with van der Waals surface area (Å²) in [5.74, 6) is -1.68. The van der Waals surface area contributed by atoms with Crippen LogP contribution in [0.3, 0.4) is 0 Å². The van der Waals surface area contributed by atoms with Crippen LogP contribution in [-0.2, 0) is 40.1 Å². The lowest BCUT2D eigenvalue weighted by atomic mass is 9.97. The highest BCUT2D eigenvalue weighted by Crippen LogP contribution is 2.30. The van der Waals surface area contributed by atoms with Crippen LogP contribution in [0.1, 0.15) is 134 Å². The van der Waals surface area contributed by atoms with Gasteiger partial charge in [-0.2, -0.15) is 0 Å². The van der Waals surface area contributed by atoms with Gasteiger partial charge in [0.2, 0.25) is 29.5 Å². The number of carboxylic acids is 1. The van der Waals surface area contributed by atoms with Crippen molar-refractivity contribution in [1.82, 2.24) is 51.6 Å². The molecule has 25 heteroatoms. The molecule has 7 N–H and O–H groups in total. The van der Waals surface area contributed by atoms with Crippen molar-refractivity contribution in [2.24, 2.45) is 0 Å². The Morgan fingerprint density at radius 1 is 0.760 bits per heavy atom. The lowest BCUT2D eigenvalue weighted by Gasteiger charge is -2.26. The van der Waals surface area contributed by atoms with Crippen molar-refractivity contribution in [2.45, 2.75) is 142 Å². The number of amides is 7. The van der Waals surface area contributed by atoms with Gasteiger partial charge in [0.25, 0.3) is 5.91 Å². The number of carbonyl (C=O) groups excluding carboxylic acids is 7. The second-order valence-corrected chi connectivity index (χ2v) is 20.0. The lowest BCUT2D eigenvalue weighted by molar-refractivity contribution is -0.138. The van der Waals surface area contributed by atoms with E-state index in [4.69, 9.17) is 9.84 Å². The molecule has 7 amide bonds. The first-order valence-electron chi connectivity index (χ1n) is 25.4. The molecule has 0 saturated carbocycles. The number of hydrogen-bond acceptors (Lipinski definition) is 17. The summed E-state index contributed by atoms with van der Waals surface area (Å²) in [4.78, 5) is 115. The van der Waals surface area contributed by atoms with E-state index in [9.17, 15) is 43.2 Å². The number of aryl methyl sites for hydroxylation is 1. The van der Waals surface area contributed by atoms with Crippen molar-refractivity contribution in [1.29, 1.82) is 0 Å². The molecule has 0 fully saturated rings. The van der Waals surface area contributed by atoms with E-state index in [0.717, 1.165) is 30.0 Å². The normalized spacial score (nSPS) is 11.0. The molecule has 2 aromatic heterocycles. The minimum Gasteiger partial charge on any atom is -0.481 e. The molecule has 75 heavy (non-hydrogen) atoms. The van der Waals surface area contributed by atoms with Crippen LogP contribution in [0.15, 0.2) is 37.0 Å². The number of nitrogens with one attached hydrogen (secondary N) is 6. The molecule has 2 heterocycles. The summed E-state index contributed by atoms with van der Waals surface area (Å²) in [6.45, 7) is 14.9. The van der Waals surface area contributed by atoms with Gasteiger partial charge in [0.1, 0.15) is 11.1 Å². The zero-order valence-electron chi connectivity index (χ0n) is 46.7. The second kappa shape index (κ2) is 42.6. The maximum atomic E-state index is 13.0. The quantitative estimate of drug-likeness (QED) is 0.0380.